The van der Waals surface area contributed by atoms with Crippen molar-refractivity contribution in [2.24, 2.45) is 5.92 Å². The first kappa shape index (κ1) is 11.9. The van der Waals surface area contributed by atoms with Crippen molar-refractivity contribution in [3.05, 3.63) is 35.4 Å². The Kier molecular flexibility index (Phi) is 3.82. The van der Waals surface area contributed by atoms with Gasteiger partial charge in [-0.1, -0.05) is 0 Å². The van der Waals surface area contributed by atoms with E-state index in [0.717, 1.165) is 29.6 Å². The molecule has 1 nitrogen and oxygen atoms in total. The van der Waals surface area contributed by atoms with Gasteiger partial charge in [-0.3, -0.25) is 0 Å². The zero-order valence-corrected chi connectivity index (χ0v) is 9.99. The van der Waals surface area contributed by atoms with Crippen LogP contribution in [0.3, 0.4) is 0 Å². The molecule has 1 fully saturated rings. The summed E-state index contributed by atoms with van der Waals surface area (Å²) in [5, 5.41) is 3.26. The first-order chi connectivity index (χ1) is 7.69. The Bertz CT molecular complexity index is 350. The molecule has 0 aliphatic carbocycles. The smallest absolute Gasteiger partial charge is 0.126 e. The highest BCUT2D eigenvalue weighted by Gasteiger charge is 2.26. The highest BCUT2D eigenvalue weighted by Crippen LogP contribution is 2.27. The number of halogens is 2. The van der Waals surface area contributed by atoms with E-state index in [1.165, 1.54) is 12.1 Å². The molecule has 1 aliphatic rings. The van der Waals surface area contributed by atoms with E-state index in [-0.39, 0.29) is 0 Å². The van der Waals surface area contributed by atoms with Crippen molar-refractivity contribution in [2.75, 3.05) is 18.6 Å². The Morgan fingerprint density at radius 1 is 1.25 bits per heavy atom. The molecule has 1 aliphatic heterocycles. The van der Waals surface area contributed by atoms with Crippen molar-refractivity contribution in [1.29, 1.82) is 0 Å². The average Bonchev–Trinajstić information content (AvgIpc) is 2.63. The zero-order valence-electron chi connectivity index (χ0n) is 9.17. The van der Waals surface area contributed by atoms with Gasteiger partial charge in [0.1, 0.15) is 11.6 Å². The molecule has 1 heterocycles. The van der Waals surface area contributed by atoms with Gasteiger partial charge in [-0.15, -0.1) is 0 Å². The van der Waals surface area contributed by atoms with E-state index < -0.39 is 11.6 Å². The number of hydrogen-bond acceptors (Lipinski definition) is 2. The lowest BCUT2D eigenvalue weighted by molar-refractivity contribution is 0.451. The fourth-order valence-corrected chi connectivity index (χ4v) is 3.63. The molecule has 0 saturated carbocycles. The van der Waals surface area contributed by atoms with Crippen LogP contribution in [0.1, 0.15) is 5.56 Å². The quantitative estimate of drug-likeness (QED) is 0.875. The normalized spacial score (nSPS) is 24.9. The van der Waals surface area contributed by atoms with Gasteiger partial charge < -0.3 is 5.32 Å². The highest BCUT2D eigenvalue weighted by molar-refractivity contribution is 7.99. The predicted molar refractivity (Wildman–Crippen MR) is 63.7 cm³/mol. The lowest BCUT2D eigenvalue weighted by atomic mass is 9.95. The fourth-order valence-electron chi connectivity index (χ4n) is 2.15. The molecule has 0 spiro atoms. The van der Waals surface area contributed by atoms with Gasteiger partial charge in [0.25, 0.3) is 0 Å². The Hall–Kier alpha value is -0.610. The van der Waals surface area contributed by atoms with E-state index in [0.29, 0.717) is 12.0 Å². The standard InChI is InChI=1S/C12H15F2NS/c1-15-12-7-16-6-9(12)2-8-3-10(13)5-11(14)4-8/h3-5,9,12,15H,2,6-7H2,1H3. The largest absolute Gasteiger partial charge is 0.316 e. The van der Waals surface area contributed by atoms with Crippen LogP contribution in [0.25, 0.3) is 0 Å². The number of thioether (sulfide) groups is 1. The predicted octanol–water partition coefficient (Wildman–Crippen LogP) is 2.46. The van der Waals surface area contributed by atoms with Crippen LogP contribution in [0.5, 0.6) is 0 Å². The molecule has 1 saturated heterocycles. The van der Waals surface area contributed by atoms with Crippen LogP contribution in [0, 0.1) is 17.6 Å². The Labute approximate surface area is 98.6 Å². The average molecular weight is 243 g/mol. The highest BCUT2D eigenvalue weighted by atomic mass is 32.2. The van der Waals surface area contributed by atoms with Gasteiger partial charge in [-0.25, -0.2) is 8.78 Å². The first-order valence-corrected chi connectivity index (χ1v) is 6.54. The van der Waals surface area contributed by atoms with Crippen molar-refractivity contribution in [2.45, 2.75) is 12.5 Å². The first-order valence-electron chi connectivity index (χ1n) is 5.39. The maximum Gasteiger partial charge on any atom is 0.126 e. The SMILES string of the molecule is CNC1CSCC1Cc1cc(F)cc(F)c1. The van der Waals surface area contributed by atoms with Crippen LogP contribution >= 0.6 is 11.8 Å². The van der Waals surface area contributed by atoms with Gasteiger partial charge in [0, 0.05) is 17.9 Å². The summed E-state index contributed by atoms with van der Waals surface area (Å²) in [6.45, 7) is 0. The van der Waals surface area contributed by atoms with Gasteiger partial charge in [0.05, 0.1) is 0 Å². The van der Waals surface area contributed by atoms with Crippen LogP contribution < -0.4 is 5.32 Å². The van der Waals surface area contributed by atoms with Gasteiger partial charge in [0.15, 0.2) is 0 Å². The Morgan fingerprint density at radius 2 is 1.94 bits per heavy atom. The van der Waals surface area contributed by atoms with Crippen LogP contribution in [-0.4, -0.2) is 24.6 Å². The molecular formula is C12H15F2NS. The summed E-state index contributed by atoms with van der Waals surface area (Å²) in [6.07, 6.45) is 0.743. The van der Waals surface area contributed by atoms with Crippen molar-refractivity contribution in [3.63, 3.8) is 0 Å². The summed E-state index contributed by atoms with van der Waals surface area (Å²) in [5.74, 6) is 1.64. The second kappa shape index (κ2) is 5.15. The third-order valence-corrected chi connectivity index (χ3v) is 4.25. The van der Waals surface area contributed by atoms with Crippen LogP contribution in [-0.2, 0) is 6.42 Å². The number of rotatable bonds is 3. The van der Waals surface area contributed by atoms with E-state index in [1.54, 1.807) is 0 Å². The summed E-state index contributed by atoms with van der Waals surface area (Å²) in [7, 11) is 1.94. The molecule has 2 unspecified atom stereocenters. The fraction of sp³-hybridized carbons (Fsp3) is 0.500. The molecule has 0 aromatic heterocycles. The van der Waals surface area contributed by atoms with Crippen LogP contribution in [0.15, 0.2) is 18.2 Å². The van der Waals surface area contributed by atoms with Crippen molar-refractivity contribution in [3.8, 4) is 0 Å². The van der Waals surface area contributed by atoms with E-state index in [1.807, 2.05) is 18.8 Å². The molecule has 1 aromatic rings. The topological polar surface area (TPSA) is 12.0 Å². The molecule has 1 aromatic carbocycles. The number of nitrogens with one attached hydrogen (secondary N) is 1. The monoisotopic (exact) mass is 243 g/mol. The molecular weight excluding hydrogens is 228 g/mol. The van der Waals surface area contributed by atoms with Crippen molar-refractivity contribution >= 4 is 11.8 Å². The number of benzene rings is 1. The van der Waals surface area contributed by atoms with Gasteiger partial charge in [-0.2, -0.15) is 11.8 Å². The van der Waals surface area contributed by atoms with E-state index in [4.69, 9.17) is 0 Å². The second-order valence-electron chi connectivity index (χ2n) is 4.17. The van der Waals surface area contributed by atoms with Gasteiger partial charge in [-0.05, 0) is 42.8 Å². The minimum absolute atomic E-state index is 0.455. The second-order valence-corrected chi connectivity index (χ2v) is 5.25. The van der Waals surface area contributed by atoms with E-state index >= 15 is 0 Å². The minimum atomic E-state index is -0.485. The van der Waals surface area contributed by atoms with Crippen LogP contribution in [0.4, 0.5) is 8.78 Å². The number of hydrogen-bond donors (Lipinski definition) is 1. The van der Waals surface area contributed by atoms with E-state index in [9.17, 15) is 8.78 Å². The summed E-state index contributed by atoms with van der Waals surface area (Å²) in [6, 6.07) is 4.23. The summed E-state index contributed by atoms with van der Waals surface area (Å²) in [5.41, 5.74) is 0.755. The molecule has 2 atom stereocenters. The molecule has 88 valence electrons. The van der Waals surface area contributed by atoms with Crippen LogP contribution in [0.2, 0.25) is 0 Å². The molecule has 1 N–H and O–H groups in total. The molecule has 2 rings (SSSR count). The minimum Gasteiger partial charge on any atom is -0.316 e. The Balaban J connectivity index is 2.08. The summed E-state index contributed by atoms with van der Waals surface area (Å²) < 4.78 is 26.0. The lowest BCUT2D eigenvalue weighted by Gasteiger charge is -2.17. The third-order valence-electron chi connectivity index (χ3n) is 2.99. The van der Waals surface area contributed by atoms with Crippen molar-refractivity contribution < 1.29 is 8.78 Å². The zero-order chi connectivity index (χ0) is 11.5. The molecule has 0 radical (unpaired) electrons. The maximum atomic E-state index is 13.0. The van der Waals surface area contributed by atoms with E-state index in [2.05, 4.69) is 5.32 Å². The van der Waals surface area contributed by atoms with Gasteiger partial charge >= 0.3 is 0 Å². The summed E-state index contributed by atoms with van der Waals surface area (Å²) >= 11 is 1.89. The molecule has 0 bridgehead atoms. The molecule has 16 heavy (non-hydrogen) atoms. The Morgan fingerprint density at radius 3 is 2.56 bits per heavy atom. The summed E-state index contributed by atoms with van der Waals surface area (Å²) in [4.78, 5) is 0. The molecule has 4 heteroatoms. The molecule has 0 amide bonds. The lowest BCUT2D eigenvalue weighted by Crippen LogP contribution is -2.33. The van der Waals surface area contributed by atoms with Crippen molar-refractivity contribution in [1.82, 2.24) is 5.32 Å². The maximum absolute atomic E-state index is 13.0. The van der Waals surface area contributed by atoms with Gasteiger partial charge in [0.2, 0.25) is 0 Å². The third kappa shape index (κ3) is 2.74.